The summed E-state index contributed by atoms with van der Waals surface area (Å²) in [4.78, 5) is 31.4. The van der Waals surface area contributed by atoms with Gasteiger partial charge in [-0.15, -0.1) is 0 Å². The molecule has 216 valence electrons. The lowest BCUT2D eigenvalue weighted by Crippen LogP contribution is -2.38. The number of carbonyl (C=O) groups excluding carboxylic acids is 2. The van der Waals surface area contributed by atoms with Crippen LogP contribution < -0.4 is 25.0 Å². The van der Waals surface area contributed by atoms with Crippen molar-refractivity contribution in [2.45, 2.75) is 19.4 Å². The number of hydrogen-bond acceptors (Lipinski definition) is 7. The molecule has 0 atom stereocenters. The molecule has 5 rings (SSSR count). The fourth-order valence-electron chi connectivity index (χ4n) is 5.38. The van der Waals surface area contributed by atoms with Gasteiger partial charge in [-0.1, -0.05) is 24.3 Å². The normalized spacial score (nSPS) is 15.1. The molecule has 2 N–H and O–H groups in total. The van der Waals surface area contributed by atoms with E-state index in [-0.39, 0.29) is 11.8 Å². The molecule has 9 nitrogen and oxygen atoms in total. The van der Waals surface area contributed by atoms with E-state index in [1.807, 2.05) is 12.1 Å². The first-order valence-corrected chi connectivity index (χ1v) is 14.1. The first-order chi connectivity index (χ1) is 20.1. The second-order valence-electron chi connectivity index (χ2n) is 10.3. The molecule has 2 aliphatic rings. The van der Waals surface area contributed by atoms with Gasteiger partial charge in [0.15, 0.2) is 0 Å². The fraction of sp³-hybridized carbons (Fsp3) is 0.375. The molecule has 0 bridgehead atoms. The topological polar surface area (TPSA) is 92.4 Å². The number of benzene rings is 3. The highest BCUT2D eigenvalue weighted by Crippen LogP contribution is 2.31. The van der Waals surface area contributed by atoms with Crippen LogP contribution in [0.5, 0.6) is 11.5 Å². The predicted octanol–water partition coefficient (Wildman–Crippen LogP) is 3.97. The molecule has 0 unspecified atom stereocenters. The summed E-state index contributed by atoms with van der Waals surface area (Å²) in [6.07, 6.45) is 1.76. The Morgan fingerprint density at radius 3 is 2.46 bits per heavy atom. The number of anilines is 2. The third-order valence-electron chi connectivity index (χ3n) is 7.66. The molecule has 2 amide bonds. The smallest absolute Gasteiger partial charge is 0.259 e. The predicted molar refractivity (Wildman–Crippen MR) is 159 cm³/mol. The molecule has 41 heavy (non-hydrogen) atoms. The number of rotatable bonds is 10. The van der Waals surface area contributed by atoms with Gasteiger partial charge in [-0.25, -0.2) is 0 Å². The molecule has 0 radical (unpaired) electrons. The lowest BCUT2D eigenvalue weighted by atomic mass is 9.98. The molecule has 9 heteroatoms. The van der Waals surface area contributed by atoms with E-state index in [2.05, 4.69) is 44.7 Å². The fourth-order valence-corrected chi connectivity index (χ4v) is 5.38. The first kappa shape index (κ1) is 28.4. The molecular weight excluding hydrogens is 520 g/mol. The van der Waals surface area contributed by atoms with Crippen LogP contribution in [0, 0.1) is 0 Å². The SMILES string of the molecule is COc1ccc(C(=O)Nc2ccc(N3CCc4ccccc4C3)c(C(=O)NCCCN3CCOCC3)c2)c(OC)c1. The summed E-state index contributed by atoms with van der Waals surface area (Å²) in [7, 11) is 3.07. The third kappa shape index (κ3) is 6.99. The van der Waals surface area contributed by atoms with E-state index in [1.165, 1.54) is 18.2 Å². The zero-order valence-electron chi connectivity index (χ0n) is 23.8. The van der Waals surface area contributed by atoms with Crippen molar-refractivity contribution in [3.8, 4) is 11.5 Å². The van der Waals surface area contributed by atoms with Crippen LogP contribution in [0.1, 0.15) is 38.3 Å². The third-order valence-corrected chi connectivity index (χ3v) is 7.66. The van der Waals surface area contributed by atoms with Gasteiger partial charge < -0.3 is 29.7 Å². The van der Waals surface area contributed by atoms with Crippen LogP contribution in [0.4, 0.5) is 11.4 Å². The molecular formula is C32H38N4O5. The van der Waals surface area contributed by atoms with E-state index in [1.54, 1.807) is 31.4 Å². The van der Waals surface area contributed by atoms with Gasteiger partial charge in [0.1, 0.15) is 11.5 Å². The lowest BCUT2D eigenvalue weighted by molar-refractivity contribution is 0.0374. The van der Waals surface area contributed by atoms with Crippen molar-refractivity contribution in [1.82, 2.24) is 10.2 Å². The summed E-state index contributed by atoms with van der Waals surface area (Å²) < 4.78 is 16.1. The summed E-state index contributed by atoms with van der Waals surface area (Å²) in [5.41, 5.74) is 4.90. The van der Waals surface area contributed by atoms with Crippen molar-refractivity contribution in [2.75, 3.05) is 70.4 Å². The van der Waals surface area contributed by atoms with Gasteiger partial charge in [0.05, 0.1) is 38.6 Å². The van der Waals surface area contributed by atoms with Gasteiger partial charge in [-0.3, -0.25) is 14.5 Å². The maximum Gasteiger partial charge on any atom is 0.259 e. The average Bonchev–Trinajstić information content (AvgIpc) is 3.02. The largest absolute Gasteiger partial charge is 0.497 e. The summed E-state index contributed by atoms with van der Waals surface area (Å²) in [5.74, 6) is 0.516. The van der Waals surface area contributed by atoms with Crippen LogP contribution in [-0.4, -0.2) is 76.9 Å². The molecule has 0 aliphatic carbocycles. The quantitative estimate of drug-likeness (QED) is 0.364. The van der Waals surface area contributed by atoms with Crippen molar-refractivity contribution in [1.29, 1.82) is 0 Å². The van der Waals surface area contributed by atoms with E-state index in [0.29, 0.717) is 34.9 Å². The van der Waals surface area contributed by atoms with Gasteiger partial charge in [0.2, 0.25) is 0 Å². The zero-order valence-corrected chi connectivity index (χ0v) is 23.8. The maximum atomic E-state index is 13.6. The highest BCUT2D eigenvalue weighted by Gasteiger charge is 2.23. The monoisotopic (exact) mass is 558 g/mol. The van der Waals surface area contributed by atoms with Crippen molar-refractivity contribution < 1.29 is 23.8 Å². The second-order valence-corrected chi connectivity index (χ2v) is 10.3. The molecule has 0 spiro atoms. The number of morpholine rings is 1. The zero-order chi connectivity index (χ0) is 28.6. The molecule has 1 saturated heterocycles. The summed E-state index contributed by atoms with van der Waals surface area (Å²) in [5, 5.41) is 6.06. The highest BCUT2D eigenvalue weighted by molar-refractivity contribution is 6.08. The standard InChI is InChI=1S/C32H38N4O5/c1-39-26-9-10-27(30(21-26)40-2)32(38)34-25-8-11-29(36-15-12-23-6-3-4-7-24(23)22-36)28(20-25)31(37)33-13-5-14-35-16-18-41-19-17-35/h3-4,6-11,20-21H,5,12-19,22H2,1-2H3,(H,33,37)(H,34,38). The Balaban J connectivity index is 1.34. The number of methoxy groups -OCH3 is 2. The number of hydrogen-bond donors (Lipinski definition) is 2. The minimum atomic E-state index is -0.332. The van der Waals surface area contributed by atoms with Gasteiger partial charge in [0.25, 0.3) is 11.8 Å². The Kier molecular flexibility index (Phi) is 9.38. The molecule has 0 aromatic heterocycles. The van der Waals surface area contributed by atoms with Gasteiger partial charge in [-0.2, -0.15) is 0 Å². The number of nitrogens with zero attached hydrogens (tertiary/aromatic N) is 2. The number of amides is 2. The van der Waals surface area contributed by atoms with Crippen molar-refractivity contribution in [3.05, 3.63) is 82.9 Å². The van der Waals surface area contributed by atoms with Gasteiger partial charge >= 0.3 is 0 Å². The van der Waals surface area contributed by atoms with E-state index in [9.17, 15) is 9.59 Å². The molecule has 0 saturated carbocycles. The molecule has 3 aromatic carbocycles. The Morgan fingerprint density at radius 2 is 1.68 bits per heavy atom. The number of nitrogens with one attached hydrogen (secondary N) is 2. The lowest BCUT2D eigenvalue weighted by Gasteiger charge is -2.32. The van der Waals surface area contributed by atoms with Gasteiger partial charge in [-0.05, 0) is 60.8 Å². The highest BCUT2D eigenvalue weighted by atomic mass is 16.5. The van der Waals surface area contributed by atoms with Crippen LogP contribution in [0.25, 0.3) is 0 Å². The van der Waals surface area contributed by atoms with E-state index < -0.39 is 0 Å². The summed E-state index contributed by atoms with van der Waals surface area (Å²) in [6, 6.07) is 19.0. The van der Waals surface area contributed by atoms with Crippen molar-refractivity contribution in [3.63, 3.8) is 0 Å². The van der Waals surface area contributed by atoms with Gasteiger partial charge in [0, 0.05) is 50.2 Å². The first-order valence-electron chi connectivity index (χ1n) is 14.1. The van der Waals surface area contributed by atoms with Crippen molar-refractivity contribution in [2.24, 2.45) is 0 Å². The van der Waals surface area contributed by atoms with E-state index in [0.717, 1.165) is 64.5 Å². The Hall–Kier alpha value is -4.08. The van der Waals surface area contributed by atoms with Crippen LogP contribution in [0.15, 0.2) is 60.7 Å². The molecule has 3 aromatic rings. The van der Waals surface area contributed by atoms with Crippen LogP contribution >= 0.6 is 0 Å². The molecule has 1 fully saturated rings. The minimum absolute atomic E-state index is 0.154. The second kappa shape index (κ2) is 13.5. The van der Waals surface area contributed by atoms with Crippen LogP contribution in [0.3, 0.4) is 0 Å². The number of carbonyl (C=O) groups is 2. The Morgan fingerprint density at radius 1 is 0.878 bits per heavy atom. The summed E-state index contributed by atoms with van der Waals surface area (Å²) >= 11 is 0. The number of fused-ring (bicyclic) bond motifs is 1. The van der Waals surface area contributed by atoms with E-state index >= 15 is 0 Å². The maximum absolute atomic E-state index is 13.6. The Bertz CT molecular complexity index is 1370. The van der Waals surface area contributed by atoms with Crippen LogP contribution in [0.2, 0.25) is 0 Å². The van der Waals surface area contributed by atoms with E-state index in [4.69, 9.17) is 14.2 Å². The van der Waals surface area contributed by atoms with Crippen LogP contribution in [-0.2, 0) is 17.7 Å². The molecule has 2 heterocycles. The molecule has 2 aliphatic heterocycles. The number of ether oxygens (including phenoxy) is 3. The Labute approximate surface area is 241 Å². The summed E-state index contributed by atoms with van der Waals surface area (Å²) in [6.45, 7) is 6.39. The van der Waals surface area contributed by atoms with Crippen molar-refractivity contribution >= 4 is 23.2 Å². The minimum Gasteiger partial charge on any atom is -0.497 e. The average molecular weight is 559 g/mol.